The van der Waals surface area contributed by atoms with Gasteiger partial charge in [-0.2, -0.15) is 0 Å². The average Bonchev–Trinajstić information content (AvgIpc) is 3.19. The van der Waals surface area contributed by atoms with E-state index in [-0.39, 0.29) is 25.0 Å². The van der Waals surface area contributed by atoms with Crippen LogP contribution in [0.5, 0.6) is 0 Å². The number of benzene rings is 1. The van der Waals surface area contributed by atoms with Crippen LogP contribution >= 0.6 is 0 Å². The highest BCUT2D eigenvalue weighted by Gasteiger charge is 2.20. The summed E-state index contributed by atoms with van der Waals surface area (Å²) >= 11 is 0. The molecule has 0 saturated heterocycles. The fraction of sp³-hybridized carbons (Fsp3) is 0.364. The van der Waals surface area contributed by atoms with Gasteiger partial charge in [0.05, 0.1) is 0 Å². The lowest BCUT2D eigenvalue weighted by Crippen LogP contribution is -2.39. The third-order valence-corrected chi connectivity index (χ3v) is 5.23. The molecular weight excluding hydrogens is 382 g/mol. The van der Waals surface area contributed by atoms with Crippen LogP contribution in [-0.4, -0.2) is 57.6 Å². The number of carbonyl (C=O) groups excluding carboxylic acids is 2. The average molecular weight is 407 g/mol. The Kier molecular flexibility index (Phi) is 6.34. The van der Waals surface area contributed by atoms with Gasteiger partial charge in [0.2, 0.25) is 11.8 Å². The van der Waals surface area contributed by atoms with Crippen LogP contribution in [0.4, 0.5) is 0 Å². The summed E-state index contributed by atoms with van der Waals surface area (Å²) in [6.45, 7) is 1.59. The third kappa shape index (κ3) is 4.83. The van der Waals surface area contributed by atoms with Crippen molar-refractivity contribution in [2.45, 2.75) is 25.8 Å². The standard InChI is InChI=1S/C22H25N5O3/c28-21(23-11-5-9-20-25-24-19-8-3-4-12-27(19)20)15-30-16-22(29)26-13-10-17-6-1-2-7-18(17)14-26/h1-4,6-8,12H,5,9-11,13-16H2,(H,23,28). The predicted octanol–water partition coefficient (Wildman–Crippen LogP) is 1.38. The summed E-state index contributed by atoms with van der Waals surface area (Å²) in [5.74, 6) is 0.554. The quantitative estimate of drug-likeness (QED) is 0.570. The van der Waals surface area contributed by atoms with Crippen LogP contribution < -0.4 is 5.32 Å². The lowest BCUT2D eigenvalue weighted by atomic mass is 10.00. The van der Waals surface area contributed by atoms with Gasteiger partial charge in [0.1, 0.15) is 19.0 Å². The number of hydrogen-bond donors (Lipinski definition) is 1. The first-order valence-electron chi connectivity index (χ1n) is 10.2. The van der Waals surface area contributed by atoms with Crippen molar-refractivity contribution in [2.24, 2.45) is 0 Å². The minimum atomic E-state index is -0.224. The number of nitrogens with one attached hydrogen (secondary N) is 1. The molecule has 1 aromatic carbocycles. The third-order valence-electron chi connectivity index (χ3n) is 5.23. The summed E-state index contributed by atoms with van der Waals surface area (Å²) in [7, 11) is 0. The Bertz CT molecular complexity index is 1030. The number of hydrogen-bond acceptors (Lipinski definition) is 5. The molecule has 30 heavy (non-hydrogen) atoms. The molecule has 3 heterocycles. The zero-order valence-electron chi connectivity index (χ0n) is 16.8. The molecule has 0 atom stereocenters. The van der Waals surface area contributed by atoms with Gasteiger partial charge in [-0.15, -0.1) is 10.2 Å². The monoisotopic (exact) mass is 407 g/mol. The van der Waals surface area contributed by atoms with Gasteiger partial charge >= 0.3 is 0 Å². The van der Waals surface area contributed by atoms with Crippen LogP contribution in [0.2, 0.25) is 0 Å². The molecule has 0 spiro atoms. The van der Waals surface area contributed by atoms with Crippen molar-refractivity contribution in [3.8, 4) is 0 Å². The Labute approximate surface area is 174 Å². The summed E-state index contributed by atoms with van der Waals surface area (Å²) in [6.07, 6.45) is 4.23. The van der Waals surface area contributed by atoms with E-state index in [0.29, 0.717) is 26.1 Å². The van der Waals surface area contributed by atoms with Gasteiger partial charge in [-0.05, 0) is 36.1 Å². The van der Waals surface area contributed by atoms with Crippen molar-refractivity contribution in [1.82, 2.24) is 24.8 Å². The number of nitrogens with zero attached hydrogens (tertiary/aromatic N) is 4. The van der Waals surface area contributed by atoms with Gasteiger partial charge in [-0.3, -0.25) is 14.0 Å². The van der Waals surface area contributed by atoms with E-state index < -0.39 is 0 Å². The molecule has 8 nitrogen and oxygen atoms in total. The maximum absolute atomic E-state index is 12.3. The smallest absolute Gasteiger partial charge is 0.248 e. The molecule has 3 aromatic rings. The molecule has 4 rings (SSSR count). The highest BCUT2D eigenvalue weighted by atomic mass is 16.5. The molecule has 8 heteroatoms. The fourth-order valence-electron chi connectivity index (χ4n) is 3.62. The normalized spacial score (nSPS) is 13.3. The highest BCUT2D eigenvalue weighted by Crippen LogP contribution is 2.18. The Hall–Kier alpha value is -3.26. The van der Waals surface area contributed by atoms with Crippen molar-refractivity contribution in [3.05, 3.63) is 65.6 Å². The van der Waals surface area contributed by atoms with Gasteiger partial charge in [-0.25, -0.2) is 0 Å². The molecular formula is C22H25N5O3. The SMILES string of the molecule is O=C(COCC(=O)N1CCc2ccccc2C1)NCCCc1nnc2ccccn12. The Morgan fingerprint density at radius 1 is 1.03 bits per heavy atom. The molecule has 0 saturated carbocycles. The fourth-order valence-corrected chi connectivity index (χ4v) is 3.62. The van der Waals surface area contributed by atoms with E-state index in [4.69, 9.17) is 4.74 Å². The van der Waals surface area contributed by atoms with Gasteiger partial charge < -0.3 is 15.0 Å². The zero-order valence-corrected chi connectivity index (χ0v) is 16.8. The Balaban J connectivity index is 1.12. The van der Waals surface area contributed by atoms with Crippen LogP contribution in [0.1, 0.15) is 23.4 Å². The van der Waals surface area contributed by atoms with E-state index in [1.807, 2.05) is 47.0 Å². The maximum atomic E-state index is 12.3. The largest absolute Gasteiger partial charge is 0.362 e. The van der Waals surface area contributed by atoms with Crippen molar-refractivity contribution < 1.29 is 14.3 Å². The number of rotatable bonds is 8. The van der Waals surface area contributed by atoms with Crippen LogP contribution in [0, 0.1) is 0 Å². The van der Waals surface area contributed by atoms with E-state index >= 15 is 0 Å². The van der Waals surface area contributed by atoms with E-state index in [0.717, 1.165) is 24.3 Å². The second kappa shape index (κ2) is 9.49. The van der Waals surface area contributed by atoms with E-state index in [1.54, 1.807) is 4.90 Å². The number of aromatic nitrogens is 3. The minimum absolute atomic E-state index is 0.0820. The van der Waals surface area contributed by atoms with Crippen LogP contribution in [0.25, 0.3) is 5.65 Å². The minimum Gasteiger partial charge on any atom is -0.362 e. The summed E-state index contributed by atoms with van der Waals surface area (Å²) in [6, 6.07) is 13.9. The number of amides is 2. The van der Waals surface area contributed by atoms with Crippen LogP contribution in [0.3, 0.4) is 0 Å². The zero-order chi connectivity index (χ0) is 20.8. The van der Waals surface area contributed by atoms with Gasteiger partial charge in [0, 0.05) is 32.3 Å². The van der Waals surface area contributed by atoms with Crippen molar-refractivity contribution in [2.75, 3.05) is 26.3 Å². The molecule has 0 unspecified atom stereocenters. The highest BCUT2D eigenvalue weighted by molar-refractivity contribution is 5.79. The summed E-state index contributed by atoms with van der Waals surface area (Å²) in [5.41, 5.74) is 3.28. The molecule has 2 aromatic heterocycles. The van der Waals surface area contributed by atoms with E-state index in [1.165, 1.54) is 11.1 Å². The lowest BCUT2D eigenvalue weighted by Gasteiger charge is -2.28. The number of fused-ring (bicyclic) bond motifs is 2. The van der Waals surface area contributed by atoms with Crippen molar-refractivity contribution in [1.29, 1.82) is 0 Å². The topological polar surface area (TPSA) is 88.8 Å². The molecule has 0 aliphatic carbocycles. The first-order valence-corrected chi connectivity index (χ1v) is 10.2. The Morgan fingerprint density at radius 3 is 2.77 bits per heavy atom. The molecule has 0 radical (unpaired) electrons. The molecule has 156 valence electrons. The number of pyridine rings is 1. The van der Waals surface area contributed by atoms with Gasteiger partial charge in [0.15, 0.2) is 5.65 Å². The number of ether oxygens (including phenoxy) is 1. The molecule has 1 aliphatic heterocycles. The molecule has 1 aliphatic rings. The second-order valence-corrected chi connectivity index (χ2v) is 7.33. The van der Waals surface area contributed by atoms with Crippen LogP contribution in [0.15, 0.2) is 48.7 Å². The van der Waals surface area contributed by atoms with E-state index in [2.05, 4.69) is 21.6 Å². The van der Waals surface area contributed by atoms with Gasteiger partial charge in [-0.1, -0.05) is 30.3 Å². The van der Waals surface area contributed by atoms with Crippen LogP contribution in [-0.2, 0) is 33.7 Å². The lowest BCUT2D eigenvalue weighted by molar-refractivity contribution is -0.139. The maximum Gasteiger partial charge on any atom is 0.248 e. The Morgan fingerprint density at radius 2 is 1.87 bits per heavy atom. The van der Waals surface area contributed by atoms with Gasteiger partial charge in [0.25, 0.3) is 0 Å². The molecule has 0 fully saturated rings. The number of carbonyl (C=O) groups is 2. The van der Waals surface area contributed by atoms with Crippen molar-refractivity contribution >= 4 is 17.5 Å². The first-order chi connectivity index (χ1) is 14.7. The summed E-state index contributed by atoms with van der Waals surface area (Å²) in [4.78, 5) is 26.1. The summed E-state index contributed by atoms with van der Waals surface area (Å²) < 4.78 is 7.27. The van der Waals surface area contributed by atoms with Crippen molar-refractivity contribution in [3.63, 3.8) is 0 Å². The second-order valence-electron chi connectivity index (χ2n) is 7.33. The number of aryl methyl sites for hydroxylation is 1. The first kappa shape index (κ1) is 20.0. The molecule has 1 N–H and O–H groups in total. The summed E-state index contributed by atoms with van der Waals surface area (Å²) in [5, 5.41) is 11.1. The molecule has 0 bridgehead atoms. The predicted molar refractivity (Wildman–Crippen MR) is 111 cm³/mol. The van der Waals surface area contributed by atoms with E-state index in [9.17, 15) is 9.59 Å². The molecule has 2 amide bonds.